The van der Waals surface area contributed by atoms with Crippen LogP contribution in [0.1, 0.15) is 32.6 Å². The Balaban J connectivity index is 2.65. The zero-order valence-electron chi connectivity index (χ0n) is 9.67. The molecule has 0 amide bonds. The highest BCUT2D eigenvalue weighted by atomic mass is 32.2. The molecule has 2 atom stereocenters. The molecule has 1 fully saturated rings. The van der Waals surface area contributed by atoms with Gasteiger partial charge in [0.15, 0.2) is 0 Å². The van der Waals surface area contributed by atoms with Crippen LogP contribution < -0.4 is 4.72 Å². The summed E-state index contributed by atoms with van der Waals surface area (Å²) in [6, 6.07) is 0. The second kappa shape index (κ2) is 4.96. The van der Waals surface area contributed by atoms with Gasteiger partial charge in [0, 0.05) is 18.4 Å². The Bertz CT molecular complexity index is 330. The number of hydrogen-bond donors (Lipinski definition) is 1. The average molecular weight is 255 g/mol. The van der Waals surface area contributed by atoms with E-state index in [4.69, 9.17) is 0 Å². The molecule has 0 spiro atoms. The van der Waals surface area contributed by atoms with Crippen LogP contribution in [0.3, 0.4) is 0 Å². The zero-order valence-corrected chi connectivity index (χ0v) is 10.5. The fraction of sp³-hybridized carbons (Fsp3) is 1.00. The van der Waals surface area contributed by atoms with Crippen LogP contribution in [-0.2, 0) is 10.0 Å². The largest absolute Gasteiger partial charge is 0.254 e. The molecule has 0 aromatic heterocycles. The summed E-state index contributed by atoms with van der Waals surface area (Å²) < 4.78 is 51.7. The van der Waals surface area contributed by atoms with Crippen LogP contribution in [-0.4, -0.2) is 27.1 Å². The fourth-order valence-electron chi connectivity index (χ4n) is 2.30. The first-order valence-electron chi connectivity index (χ1n) is 5.59. The normalized spacial score (nSPS) is 30.2. The van der Waals surface area contributed by atoms with Crippen molar-refractivity contribution in [3.63, 3.8) is 0 Å². The zero-order chi connectivity index (χ0) is 12.4. The molecule has 16 heavy (non-hydrogen) atoms. The van der Waals surface area contributed by atoms with Gasteiger partial charge in [-0.3, -0.25) is 0 Å². The summed E-state index contributed by atoms with van der Waals surface area (Å²) in [5.41, 5.74) is 0. The van der Waals surface area contributed by atoms with Gasteiger partial charge in [0.2, 0.25) is 10.0 Å². The van der Waals surface area contributed by atoms with Crippen molar-refractivity contribution in [3.05, 3.63) is 0 Å². The van der Waals surface area contributed by atoms with Gasteiger partial charge in [-0.05, 0) is 19.3 Å². The first-order chi connectivity index (χ1) is 7.27. The quantitative estimate of drug-likeness (QED) is 0.835. The molecule has 6 heteroatoms. The van der Waals surface area contributed by atoms with Gasteiger partial charge in [0.05, 0.1) is 6.26 Å². The number of alkyl halides is 2. The van der Waals surface area contributed by atoms with Crippen molar-refractivity contribution in [2.24, 2.45) is 11.8 Å². The Kier molecular flexibility index (Phi) is 4.29. The Morgan fingerprint density at radius 1 is 1.31 bits per heavy atom. The average Bonchev–Trinajstić information content (AvgIpc) is 2.13. The van der Waals surface area contributed by atoms with E-state index >= 15 is 0 Å². The van der Waals surface area contributed by atoms with Crippen molar-refractivity contribution in [3.8, 4) is 0 Å². The molecule has 0 saturated heterocycles. The fourth-order valence-corrected chi connectivity index (χ4v) is 2.80. The van der Waals surface area contributed by atoms with Gasteiger partial charge in [-0.1, -0.05) is 13.3 Å². The molecule has 1 rings (SSSR count). The standard InChI is InChI=1S/C10H19F2NO2S/c1-3-8-5-4-6-9(10(8,11)12)7-13-16(2,14)15/h8-9,13H,3-7H2,1-2H3. The van der Waals surface area contributed by atoms with E-state index in [1.807, 2.05) is 0 Å². The van der Waals surface area contributed by atoms with Crippen molar-refractivity contribution >= 4 is 10.0 Å². The summed E-state index contributed by atoms with van der Waals surface area (Å²) in [6.07, 6.45) is 3.13. The lowest BCUT2D eigenvalue weighted by Gasteiger charge is -2.37. The highest BCUT2D eigenvalue weighted by Gasteiger charge is 2.48. The number of nitrogens with one attached hydrogen (secondary N) is 1. The molecule has 0 aromatic carbocycles. The summed E-state index contributed by atoms with van der Waals surface area (Å²) >= 11 is 0. The molecule has 1 aliphatic carbocycles. The summed E-state index contributed by atoms with van der Waals surface area (Å²) in [5, 5.41) is 0. The third kappa shape index (κ3) is 3.38. The minimum absolute atomic E-state index is 0.150. The third-order valence-electron chi connectivity index (χ3n) is 3.28. The topological polar surface area (TPSA) is 46.2 Å². The maximum Gasteiger partial charge on any atom is 0.254 e. The Morgan fingerprint density at radius 3 is 2.38 bits per heavy atom. The molecule has 0 radical (unpaired) electrons. The van der Waals surface area contributed by atoms with E-state index in [0.717, 1.165) is 12.7 Å². The monoisotopic (exact) mass is 255 g/mol. The van der Waals surface area contributed by atoms with Crippen molar-refractivity contribution in [1.29, 1.82) is 0 Å². The molecule has 2 unspecified atom stereocenters. The van der Waals surface area contributed by atoms with Gasteiger partial charge in [-0.2, -0.15) is 0 Å². The Labute approximate surface area is 95.7 Å². The first kappa shape index (κ1) is 13.8. The van der Waals surface area contributed by atoms with E-state index in [0.29, 0.717) is 19.3 Å². The molecule has 1 N–H and O–H groups in total. The predicted octanol–water partition coefficient (Wildman–Crippen LogP) is 2.00. The van der Waals surface area contributed by atoms with Crippen molar-refractivity contribution in [2.75, 3.05) is 12.8 Å². The van der Waals surface area contributed by atoms with Crippen LogP contribution in [0.5, 0.6) is 0 Å². The minimum atomic E-state index is -3.38. The lowest BCUT2D eigenvalue weighted by molar-refractivity contribution is -0.130. The number of hydrogen-bond acceptors (Lipinski definition) is 2. The van der Waals surface area contributed by atoms with Crippen LogP contribution >= 0.6 is 0 Å². The first-order valence-corrected chi connectivity index (χ1v) is 7.49. The van der Waals surface area contributed by atoms with E-state index in [1.54, 1.807) is 6.92 Å². The lowest BCUT2D eigenvalue weighted by Crippen LogP contribution is -2.45. The number of sulfonamides is 1. The maximum atomic E-state index is 13.9. The van der Waals surface area contributed by atoms with Gasteiger partial charge >= 0.3 is 0 Å². The lowest BCUT2D eigenvalue weighted by atomic mass is 9.76. The van der Waals surface area contributed by atoms with E-state index < -0.39 is 27.8 Å². The van der Waals surface area contributed by atoms with Gasteiger partial charge < -0.3 is 0 Å². The number of rotatable bonds is 4. The van der Waals surface area contributed by atoms with Crippen LogP contribution in [0.4, 0.5) is 8.78 Å². The molecule has 1 saturated carbocycles. The molecule has 0 aromatic rings. The third-order valence-corrected chi connectivity index (χ3v) is 3.97. The van der Waals surface area contributed by atoms with Gasteiger partial charge in [0.1, 0.15) is 0 Å². The smallest absolute Gasteiger partial charge is 0.215 e. The Hall–Kier alpha value is -0.230. The predicted molar refractivity (Wildman–Crippen MR) is 58.9 cm³/mol. The SMILES string of the molecule is CCC1CCCC(CNS(C)(=O)=O)C1(F)F. The van der Waals surface area contributed by atoms with E-state index in [2.05, 4.69) is 4.72 Å². The number of halogens is 2. The highest BCUT2D eigenvalue weighted by molar-refractivity contribution is 7.88. The molecule has 96 valence electrons. The second-order valence-corrected chi connectivity index (χ2v) is 6.36. The maximum absolute atomic E-state index is 13.9. The molecule has 3 nitrogen and oxygen atoms in total. The van der Waals surface area contributed by atoms with Crippen molar-refractivity contribution in [2.45, 2.75) is 38.5 Å². The summed E-state index contributed by atoms with van der Waals surface area (Å²) in [6.45, 7) is 1.60. The summed E-state index contributed by atoms with van der Waals surface area (Å²) in [4.78, 5) is 0. The summed E-state index contributed by atoms with van der Waals surface area (Å²) in [7, 11) is -3.38. The molecule has 0 bridgehead atoms. The molecule has 0 aliphatic heterocycles. The van der Waals surface area contributed by atoms with E-state index in [9.17, 15) is 17.2 Å². The molecular formula is C10H19F2NO2S. The van der Waals surface area contributed by atoms with E-state index in [1.165, 1.54) is 0 Å². The second-order valence-electron chi connectivity index (χ2n) is 4.53. The van der Waals surface area contributed by atoms with Crippen LogP contribution in [0.15, 0.2) is 0 Å². The molecular weight excluding hydrogens is 236 g/mol. The molecule has 0 heterocycles. The molecule has 1 aliphatic rings. The van der Waals surface area contributed by atoms with Gasteiger partial charge in [-0.25, -0.2) is 21.9 Å². The van der Waals surface area contributed by atoms with Crippen LogP contribution in [0.25, 0.3) is 0 Å². The van der Waals surface area contributed by atoms with Crippen LogP contribution in [0, 0.1) is 11.8 Å². The van der Waals surface area contributed by atoms with E-state index in [-0.39, 0.29) is 6.54 Å². The van der Waals surface area contributed by atoms with Gasteiger partial charge in [-0.15, -0.1) is 0 Å². The Morgan fingerprint density at radius 2 is 1.88 bits per heavy atom. The minimum Gasteiger partial charge on any atom is -0.215 e. The summed E-state index contributed by atoms with van der Waals surface area (Å²) in [5.74, 6) is -4.21. The van der Waals surface area contributed by atoms with Crippen molar-refractivity contribution in [1.82, 2.24) is 4.72 Å². The van der Waals surface area contributed by atoms with Crippen molar-refractivity contribution < 1.29 is 17.2 Å². The van der Waals surface area contributed by atoms with Crippen LogP contribution in [0.2, 0.25) is 0 Å². The van der Waals surface area contributed by atoms with Gasteiger partial charge in [0.25, 0.3) is 5.92 Å². The highest BCUT2D eigenvalue weighted by Crippen LogP contribution is 2.43.